The van der Waals surface area contributed by atoms with Crippen LogP contribution in [0.5, 0.6) is 0 Å². The fraction of sp³-hybridized carbons (Fsp3) is 0.229. The zero-order chi connectivity index (χ0) is 52.7. The van der Waals surface area contributed by atoms with Gasteiger partial charge in [0.2, 0.25) is 0 Å². The number of fused-ring (bicyclic) bond motifs is 6. The minimum absolute atomic E-state index is 0.00939. The first kappa shape index (κ1) is 54.1. The molecule has 0 fully saturated rings. The lowest BCUT2D eigenvalue weighted by atomic mass is 9.81. The highest BCUT2D eigenvalue weighted by Gasteiger charge is 2.36. The molecule has 0 atom stereocenters. The number of rotatable bonds is 9. The lowest BCUT2D eigenvalue weighted by molar-refractivity contribution is 0.658. The van der Waals surface area contributed by atoms with E-state index in [9.17, 15) is 0 Å². The number of aliphatic imine (C=N–C) groups is 2. The first-order chi connectivity index (χ1) is 35.9. The van der Waals surface area contributed by atoms with Crippen LogP contribution in [0, 0.1) is 20.8 Å². The topological polar surface area (TPSA) is 48.8 Å². The average Bonchev–Trinajstić information content (AvgIpc) is 3.81. The molecule has 11 rings (SSSR count). The molecule has 376 valence electrons. The molecule has 0 saturated carbocycles. The van der Waals surface area contributed by atoms with E-state index >= 15 is 0 Å². The van der Waals surface area contributed by atoms with E-state index in [2.05, 4.69) is 228 Å². The monoisotopic (exact) mass is 973 g/mol. The molecule has 4 heteroatoms. The number of hydrogen-bond donors (Lipinski definition) is 2. The van der Waals surface area contributed by atoms with Gasteiger partial charge in [0.1, 0.15) is 6.67 Å². The molecule has 2 aliphatic carbocycles. The zero-order valence-corrected chi connectivity index (χ0v) is 45.6. The Morgan fingerprint density at radius 3 is 1.54 bits per heavy atom. The van der Waals surface area contributed by atoms with Crippen molar-refractivity contribution in [3.8, 4) is 22.3 Å². The van der Waals surface area contributed by atoms with Crippen molar-refractivity contribution in [2.45, 2.75) is 93.0 Å². The van der Waals surface area contributed by atoms with Gasteiger partial charge in [-0.2, -0.15) is 0 Å². The Labute approximate surface area is 443 Å². The van der Waals surface area contributed by atoms with Crippen molar-refractivity contribution in [2.75, 3.05) is 13.2 Å². The van der Waals surface area contributed by atoms with E-state index in [1.807, 2.05) is 74.5 Å². The molecular formula is C70H76N4. The molecule has 0 spiro atoms. The van der Waals surface area contributed by atoms with Gasteiger partial charge in [-0.15, -0.1) is 0 Å². The van der Waals surface area contributed by atoms with Gasteiger partial charge in [0.15, 0.2) is 0 Å². The van der Waals surface area contributed by atoms with Crippen molar-refractivity contribution >= 4 is 23.8 Å². The van der Waals surface area contributed by atoms with Crippen molar-refractivity contribution in [1.82, 2.24) is 10.6 Å². The molecule has 1 heterocycles. The van der Waals surface area contributed by atoms with Crippen LogP contribution in [0.3, 0.4) is 0 Å². The molecule has 0 saturated heterocycles. The van der Waals surface area contributed by atoms with E-state index in [1.165, 1.54) is 77.9 Å². The van der Waals surface area contributed by atoms with Crippen molar-refractivity contribution in [3.63, 3.8) is 0 Å². The molecule has 3 aliphatic rings. The summed E-state index contributed by atoms with van der Waals surface area (Å²) in [5.41, 5.74) is 24.7. The lowest BCUT2D eigenvalue weighted by Gasteiger charge is -2.22. The van der Waals surface area contributed by atoms with Gasteiger partial charge in [-0.1, -0.05) is 253 Å². The predicted molar refractivity (Wildman–Crippen MR) is 320 cm³/mol. The molecule has 1 aliphatic heterocycles. The second-order valence-corrected chi connectivity index (χ2v) is 20.0. The summed E-state index contributed by atoms with van der Waals surface area (Å²) in [5.74, 6) is 0. The number of nitrogens with one attached hydrogen (secondary N) is 2. The highest BCUT2D eigenvalue weighted by molar-refractivity contribution is 6.12. The second kappa shape index (κ2) is 25.3. The summed E-state index contributed by atoms with van der Waals surface area (Å²) in [6, 6.07) is 68.6. The van der Waals surface area contributed by atoms with Crippen molar-refractivity contribution in [1.29, 1.82) is 0 Å². The van der Waals surface area contributed by atoms with Crippen LogP contribution < -0.4 is 10.6 Å². The van der Waals surface area contributed by atoms with E-state index in [1.54, 1.807) is 0 Å². The predicted octanol–water partition coefficient (Wildman–Crippen LogP) is 17.1. The molecule has 2 N–H and O–H groups in total. The van der Waals surface area contributed by atoms with E-state index in [0.717, 1.165) is 47.7 Å². The van der Waals surface area contributed by atoms with Gasteiger partial charge in [0.25, 0.3) is 0 Å². The fourth-order valence-corrected chi connectivity index (χ4v) is 9.95. The third kappa shape index (κ3) is 12.9. The quantitative estimate of drug-likeness (QED) is 0.112. The number of aryl methyl sites for hydroxylation is 4. The zero-order valence-electron chi connectivity index (χ0n) is 45.6. The number of nitrogens with zero attached hydrogens (tertiary/aromatic N) is 2. The van der Waals surface area contributed by atoms with E-state index in [-0.39, 0.29) is 10.8 Å². The van der Waals surface area contributed by atoms with Crippen LogP contribution >= 0.6 is 0 Å². The van der Waals surface area contributed by atoms with Crippen molar-refractivity contribution < 1.29 is 0 Å². The van der Waals surface area contributed by atoms with Crippen LogP contribution in [0.4, 0.5) is 0 Å². The Morgan fingerprint density at radius 1 is 0.554 bits per heavy atom. The van der Waals surface area contributed by atoms with Crippen LogP contribution in [-0.2, 0) is 23.8 Å². The Bertz CT molecular complexity index is 3210. The van der Waals surface area contributed by atoms with Crippen LogP contribution in [0.1, 0.15) is 115 Å². The number of benzene rings is 8. The molecular weight excluding hydrogens is 897 g/mol. The largest absolute Gasteiger partial charge is 0.366 e. The third-order valence-corrected chi connectivity index (χ3v) is 14.1. The molecule has 4 nitrogen and oxygen atoms in total. The summed E-state index contributed by atoms with van der Waals surface area (Å²) in [7, 11) is 0. The number of hydrogen-bond acceptors (Lipinski definition) is 4. The van der Waals surface area contributed by atoms with Crippen LogP contribution in [-0.4, -0.2) is 25.6 Å². The molecule has 74 heavy (non-hydrogen) atoms. The Hall–Kier alpha value is -7.66. The van der Waals surface area contributed by atoms with Crippen molar-refractivity contribution in [2.24, 2.45) is 9.98 Å². The van der Waals surface area contributed by atoms with Gasteiger partial charge in [-0.25, -0.2) is 0 Å². The minimum Gasteiger partial charge on any atom is -0.366 e. The van der Waals surface area contributed by atoms with Crippen LogP contribution in [0.2, 0.25) is 0 Å². The number of allylic oxidation sites excluding steroid dienone is 1. The van der Waals surface area contributed by atoms with Gasteiger partial charge < -0.3 is 10.6 Å². The molecule has 0 amide bonds. The molecule has 8 aromatic carbocycles. The smallest absolute Gasteiger partial charge is 0.108 e. The summed E-state index contributed by atoms with van der Waals surface area (Å²) in [6.07, 6.45) is 5.34. The van der Waals surface area contributed by atoms with Gasteiger partial charge in [0, 0.05) is 35.2 Å². The van der Waals surface area contributed by atoms with Crippen LogP contribution in [0.25, 0.3) is 33.6 Å². The summed E-state index contributed by atoms with van der Waals surface area (Å²) >= 11 is 0. The average molecular weight is 973 g/mol. The van der Waals surface area contributed by atoms with Crippen molar-refractivity contribution in [3.05, 3.63) is 273 Å². The lowest BCUT2D eigenvalue weighted by Crippen LogP contribution is -2.20. The summed E-state index contributed by atoms with van der Waals surface area (Å²) < 4.78 is 0. The van der Waals surface area contributed by atoms with Gasteiger partial charge in [0.05, 0.1) is 11.4 Å². The maximum absolute atomic E-state index is 4.50. The second-order valence-electron chi connectivity index (χ2n) is 20.0. The summed E-state index contributed by atoms with van der Waals surface area (Å²) in [5, 5.41) is 6.77. The highest BCUT2D eigenvalue weighted by Crippen LogP contribution is 2.50. The molecule has 0 radical (unpaired) electrons. The van der Waals surface area contributed by atoms with E-state index in [4.69, 9.17) is 0 Å². The van der Waals surface area contributed by atoms with E-state index in [0.29, 0.717) is 6.67 Å². The van der Waals surface area contributed by atoms with E-state index < -0.39 is 0 Å². The maximum Gasteiger partial charge on any atom is 0.108 e. The first-order valence-corrected chi connectivity index (χ1v) is 26.4. The van der Waals surface area contributed by atoms with Gasteiger partial charge in [-0.05, 0) is 119 Å². The van der Waals surface area contributed by atoms with Crippen LogP contribution in [0.15, 0.2) is 216 Å². The standard InChI is InChI=1S/C27H28N2.C18H20.C16H14N2.C7H8.C2H6/c1-19-10-12-22-23-13-11-21(17-25(23)27(2,3)24(22)16-19)26(28-4)14-15-29-18-20-8-6-5-7-9-20;1-5-13-7-9-15-14-8-6-12(2)10-16(14)18(3,4)17(15)11-13;1-3-7-13(8-4-1)15-11-16(18-12-17-15)14-9-5-2-6-10-14;1-7-5-3-2-4-6-7;1-2/h5-14,16-17,29H,4,15,18H2,1-3H3;6-11H,5H2,1-4H3;1-11,17H,12H2;2-6H,1H3;1-2H3/b26-14-;;;;. The Kier molecular flexibility index (Phi) is 18.5. The van der Waals surface area contributed by atoms with Gasteiger partial charge in [-0.3, -0.25) is 9.98 Å². The molecule has 0 bridgehead atoms. The SMILES string of the molecule is C1=C(c2ccccc2)NCN=C1c1ccccc1.C=N/C(=C\CNCc1ccccc1)c1ccc2c(c1)C(C)(C)c1cc(C)ccc1-2.CC.CCc1ccc2c(c1)C(C)(C)c1cc(C)ccc1-2.Cc1ccccc1. The maximum atomic E-state index is 4.50. The minimum atomic E-state index is -0.00939. The van der Waals surface area contributed by atoms with Gasteiger partial charge >= 0.3 is 0 Å². The normalized spacial score (nSPS) is 13.8. The summed E-state index contributed by atoms with van der Waals surface area (Å²) in [6.45, 7) is 28.0. The first-order valence-electron chi connectivity index (χ1n) is 26.4. The fourth-order valence-electron chi connectivity index (χ4n) is 9.95. The Balaban J connectivity index is 0.000000154. The molecule has 8 aromatic rings. The molecule has 0 aromatic heterocycles. The Morgan fingerprint density at radius 2 is 1.03 bits per heavy atom. The summed E-state index contributed by atoms with van der Waals surface area (Å²) in [4.78, 5) is 8.82. The molecule has 0 unspecified atom stereocenters. The third-order valence-electron chi connectivity index (χ3n) is 14.1. The highest BCUT2D eigenvalue weighted by atomic mass is 15.0.